The number of rotatable bonds is 1. The second-order valence-corrected chi connectivity index (χ2v) is 6.60. The van der Waals surface area contributed by atoms with E-state index in [-0.39, 0.29) is 11.9 Å². The molecule has 0 spiro atoms. The first-order chi connectivity index (χ1) is 10.6. The van der Waals surface area contributed by atoms with Crippen LogP contribution in [0.15, 0.2) is 46.2 Å². The summed E-state index contributed by atoms with van der Waals surface area (Å²) in [4.78, 5) is 19.0. The van der Waals surface area contributed by atoms with E-state index in [4.69, 9.17) is 0 Å². The van der Waals surface area contributed by atoms with E-state index in [0.29, 0.717) is 11.3 Å². The molecule has 0 N–H and O–H groups in total. The summed E-state index contributed by atoms with van der Waals surface area (Å²) in [7, 11) is 0. The summed E-state index contributed by atoms with van der Waals surface area (Å²) in [6.45, 7) is 2.85. The van der Waals surface area contributed by atoms with Crippen LogP contribution >= 0.6 is 15.9 Å². The smallest absolute Gasteiger partial charge is 0.274 e. The highest BCUT2D eigenvalue weighted by molar-refractivity contribution is 9.10. The molecule has 1 aliphatic carbocycles. The van der Waals surface area contributed by atoms with Crippen molar-refractivity contribution < 1.29 is 4.79 Å². The Morgan fingerprint density at radius 2 is 2.32 bits per heavy atom. The average Bonchev–Trinajstić information content (AvgIpc) is 3.12. The summed E-state index contributed by atoms with van der Waals surface area (Å²) >= 11 is 3.36. The third-order valence-electron chi connectivity index (χ3n) is 4.42. The lowest BCUT2D eigenvalue weighted by Gasteiger charge is -2.34. The number of fused-ring (bicyclic) bond motifs is 1. The molecule has 112 valence electrons. The molecule has 0 bridgehead atoms. The molecule has 5 nitrogen and oxygen atoms in total. The third kappa shape index (κ3) is 2.09. The monoisotopic (exact) mass is 358 g/mol. The Morgan fingerprint density at radius 3 is 3.18 bits per heavy atom. The number of hydrogen-bond donors (Lipinski definition) is 0. The minimum Gasteiger partial charge on any atom is -0.330 e. The minimum absolute atomic E-state index is 0.0208. The molecule has 0 radical (unpaired) electrons. The lowest BCUT2D eigenvalue weighted by molar-refractivity contribution is 0.0700. The van der Waals surface area contributed by atoms with Crippen molar-refractivity contribution in [2.45, 2.75) is 25.8 Å². The Balaban J connectivity index is 1.66. The predicted octanol–water partition coefficient (Wildman–Crippen LogP) is 2.98. The van der Waals surface area contributed by atoms with Gasteiger partial charge in [-0.05, 0) is 46.8 Å². The number of hydrogen-bond acceptors (Lipinski definition) is 3. The van der Waals surface area contributed by atoms with Crippen molar-refractivity contribution in [2.75, 3.05) is 6.54 Å². The van der Waals surface area contributed by atoms with E-state index in [0.717, 1.165) is 23.9 Å². The van der Waals surface area contributed by atoms with Crippen LogP contribution in [-0.4, -0.2) is 38.0 Å². The van der Waals surface area contributed by atoms with Crippen LogP contribution in [0, 0.1) is 0 Å². The Hall–Kier alpha value is -1.95. The zero-order valence-electron chi connectivity index (χ0n) is 12.2. The van der Waals surface area contributed by atoms with E-state index in [1.54, 1.807) is 23.0 Å². The number of carbonyl (C=O) groups is 1. The molecule has 0 fully saturated rings. The molecule has 1 unspecified atom stereocenters. The Labute approximate surface area is 136 Å². The fourth-order valence-electron chi connectivity index (χ4n) is 3.25. The molecule has 2 aromatic rings. The van der Waals surface area contributed by atoms with E-state index in [1.165, 1.54) is 11.1 Å². The van der Waals surface area contributed by atoms with E-state index in [1.807, 2.05) is 4.90 Å². The fraction of sp³-hybridized carbons (Fsp3) is 0.312. The lowest BCUT2D eigenvalue weighted by atomic mass is 9.95. The zero-order chi connectivity index (χ0) is 15.3. The minimum atomic E-state index is -0.0208. The SMILES string of the molecule is CC1C2=C(C=CC2)CCN1C(=O)c1cc2ncc(Br)cn2n1. The molecule has 22 heavy (non-hydrogen) atoms. The van der Waals surface area contributed by atoms with Gasteiger partial charge in [-0.1, -0.05) is 12.2 Å². The highest BCUT2D eigenvalue weighted by Crippen LogP contribution is 2.32. The quantitative estimate of drug-likeness (QED) is 0.787. The molecule has 2 aliphatic rings. The van der Waals surface area contributed by atoms with Crippen molar-refractivity contribution in [1.29, 1.82) is 0 Å². The van der Waals surface area contributed by atoms with Gasteiger partial charge >= 0.3 is 0 Å². The number of amides is 1. The van der Waals surface area contributed by atoms with Gasteiger partial charge in [-0.15, -0.1) is 0 Å². The zero-order valence-corrected chi connectivity index (χ0v) is 13.7. The highest BCUT2D eigenvalue weighted by Gasteiger charge is 2.31. The lowest BCUT2D eigenvalue weighted by Crippen LogP contribution is -2.43. The van der Waals surface area contributed by atoms with Gasteiger partial charge in [0.25, 0.3) is 5.91 Å². The van der Waals surface area contributed by atoms with E-state index in [2.05, 4.69) is 45.1 Å². The Bertz CT molecular complexity index is 836. The van der Waals surface area contributed by atoms with Gasteiger partial charge in [-0.2, -0.15) is 5.10 Å². The summed E-state index contributed by atoms with van der Waals surface area (Å²) < 4.78 is 2.47. The van der Waals surface area contributed by atoms with E-state index in [9.17, 15) is 4.79 Å². The van der Waals surface area contributed by atoms with Gasteiger partial charge < -0.3 is 4.90 Å². The molecule has 1 aliphatic heterocycles. The first-order valence-electron chi connectivity index (χ1n) is 7.34. The van der Waals surface area contributed by atoms with Gasteiger partial charge in [0.2, 0.25) is 0 Å². The summed E-state index contributed by atoms with van der Waals surface area (Å²) in [5.41, 5.74) is 3.90. The first-order valence-corrected chi connectivity index (χ1v) is 8.13. The second kappa shape index (κ2) is 5.05. The van der Waals surface area contributed by atoms with Gasteiger partial charge in [0.1, 0.15) is 0 Å². The maximum Gasteiger partial charge on any atom is 0.274 e. The summed E-state index contributed by atoms with van der Waals surface area (Å²) in [5.74, 6) is -0.0208. The molecule has 3 heterocycles. The largest absolute Gasteiger partial charge is 0.330 e. The van der Waals surface area contributed by atoms with Crippen molar-refractivity contribution in [3.8, 4) is 0 Å². The molecule has 0 saturated heterocycles. The van der Waals surface area contributed by atoms with Crippen LogP contribution in [-0.2, 0) is 0 Å². The summed E-state index contributed by atoms with van der Waals surface area (Å²) in [6, 6.07) is 1.88. The number of nitrogens with zero attached hydrogens (tertiary/aromatic N) is 4. The molecular formula is C16H15BrN4O. The number of allylic oxidation sites excluding steroid dienone is 2. The van der Waals surface area contributed by atoms with Crippen LogP contribution < -0.4 is 0 Å². The van der Waals surface area contributed by atoms with Crippen LogP contribution in [0.25, 0.3) is 5.65 Å². The predicted molar refractivity (Wildman–Crippen MR) is 86.6 cm³/mol. The van der Waals surface area contributed by atoms with Crippen LogP contribution in [0.5, 0.6) is 0 Å². The number of carbonyl (C=O) groups excluding carboxylic acids is 1. The normalized spacial score (nSPS) is 20.8. The molecule has 0 aromatic carbocycles. The topological polar surface area (TPSA) is 50.5 Å². The maximum absolute atomic E-state index is 12.8. The Morgan fingerprint density at radius 1 is 1.45 bits per heavy atom. The molecule has 2 aromatic heterocycles. The maximum atomic E-state index is 12.8. The van der Waals surface area contributed by atoms with Crippen molar-refractivity contribution in [2.24, 2.45) is 0 Å². The summed E-state index contributed by atoms with van der Waals surface area (Å²) in [6.07, 6.45) is 9.77. The average molecular weight is 359 g/mol. The molecule has 0 saturated carbocycles. The van der Waals surface area contributed by atoms with Gasteiger partial charge in [-0.3, -0.25) is 4.79 Å². The van der Waals surface area contributed by atoms with Crippen LogP contribution in [0.2, 0.25) is 0 Å². The Kier molecular flexibility index (Phi) is 3.14. The van der Waals surface area contributed by atoms with Crippen molar-refractivity contribution in [3.63, 3.8) is 0 Å². The second-order valence-electron chi connectivity index (χ2n) is 5.69. The molecule has 4 rings (SSSR count). The number of halogens is 1. The van der Waals surface area contributed by atoms with Crippen molar-refractivity contribution >= 4 is 27.5 Å². The standard InChI is InChI=1S/C16H15BrN4O/c1-10-13-4-2-3-11(13)5-6-20(10)16(22)14-7-15-18-8-12(17)9-21(15)19-14/h2-3,7-10H,4-6H2,1H3. The van der Waals surface area contributed by atoms with Gasteiger partial charge in [0.05, 0.1) is 10.5 Å². The van der Waals surface area contributed by atoms with Crippen molar-refractivity contribution in [3.05, 3.63) is 51.9 Å². The number of aromatic nitrogens is 3. The molecular weight excluding hydrogens is 344 g/mol. The fourth-order valence-corrected chi connectivity index (χ4v) is 3.55. The third-order valence-corrected chi connectivity index (χ3v) is 4.83. The first kappa shape index (κ1) is 13.7. The highest BCUT2D eigenvalue weighted by atomic mass is 79.9. The van der Waals surface area contributed by atoms with Crippen molar-refractivity contribution in [1.82, 2.24) is 19.5 Å². The molecule has 1 amide bonds. The molecule has 1 atom stereocenters. The van der Waals surface area contributed by atoms with Crippen LogP contribution in [0.3, 0.4) is 0 Å². The van der Waals surface area contributed by atoms with Crippen LogP contribution in [0.4, 0.5) is 0 Å². The van der Waals surface area contributed by atoms with E-state index >= 15 is 0 Å². The summed E-state index contributed by atoms with van der Waals surface area (Å²) in [5, 5.41) is 4.37. The van der Waals surface area contributed by atoms with Gasteiger partial charge in [-0.25, -0.2) is 9.50 Å². The molecule has 6 heteroatoms. The van der Waals surface area contributed by atoms with Crippen LogP contribution in [0.1, 0.15) is 30.3 Å². The van der Waals surface area contributed by atoms with Gasteiger partial charge in [0, 0.05) is 25.0 Å². The van der Waals surface area contributed by atoms with Gasteiger partial charge in [0.15, 0.2) is 11.3 Å². The van der Waals surface area contributed by atoms with E-state index < -0.39 is 0 Å².